The molecule has 3 aliphatic rings. The van der Waals surface area contributed by atoms with Gasteiger partial charge in [-0.15, -0.1) is 0 Å². The number of aryl methyl sites for hydroxylation is 2. The van der Waals surface area contributed by atoms with Crippen LogP contribution in [0, 0.1) is 0 Å². The number of ether oxygens (including phenoxy) is 1. The van der Waals surface area contributed by atoms with E-state index in [1.807, 2.05) is 6.07 Å². The van der Waals surface area contributed by atoms with Crippen molar-refractivity contribution in [2.45, 2.75) is 56.7 Å². The van der Waals surface area contributed by atoms with E-state index in [0.29, 0.717) is 26.1 Å². The van der Waals surface area contributed by atoms with Gasteiger partial charge in [-0.3, -0.25) is 9.69 Å². The zero-order valence-corrected chi connectivity index (χ0v) is 14.8. The number of aliphatic hydroxyl groups is 1. The highest BCUT2D eigenvalue weighted by Gasteiger charge is 2.46. The molecule has 2 saturated heterocycles. The summed E-state index contributed by atoms with van der Waals surface area (Å²) in [7, 11) is 0. The highest BCUT2D eigenvalue weighted by Crippen LogP contribution is 2.34. The molecule has 1 aromatic rings. The minimum Gasteiger partial charge on any atom is -0.390 e. The first-order valence-corrected chi connectivity index (χ1v) is 9.61. The normalized spacial score (nSPS) is 29.6. The van der Waals surface area contributed by atoms with Gasteiger partial charge in [0.05, 0.1) is 12.6 Å². The van der Waals surface area contributed by atoms with Gasteiger partial charge in [-0.05, 0) is 68.2 Å². The van der Waals surface area contributed by atoms with Crippen molar-refractivity contribution < 1.29 is 14.6 Å². The molecule has 4 rings (SSSR count). The largest absolute Gasteiger partial charge is 0.390 e. The third kappa shape index (κ3) is 3.59. The Bertz CT molecular complexity index is 640. The molecule has 0 unspecified atom stereocenters. The third-order valence-electron chi connectivity index (χ3n) is 5.95. The Morgan fingerprint density at radius 3 is 2.92 bits per heavy atom. The molecule has 0 aromatic heterocycles. The van der Waals surface area contributed by atoms with Crippen LogP contribution >= 0.6 is 0 Å². The van der Waals surface area contributed by atoms with Crippen LogP contribution in [0.1, 0.15) is 43.2 Å². The molecule has 2 aliphatic heterocycles. The van der Waals surface area contributed by atoms with Gasteiger partial charge in [-0.1, -0.05) is 6.07 Å². The van der Waals surface area contributed by atoms with Crippen molar-refractivity contribution in [3.63, 3.8) is 0 Å². The van der Waals surface area contributed by atoms with Crippen LogP contribution in [0.15, 0.2) is 18.2 Å². The zero-order chi connectivity index (χ0) is 17.3. The van der Waals surface area contributed by atoms with Gasteiger partial charge in [0.15, 0.2) is 0 Å². The molecule has 2 atom stereocenters. The van der Waals surface area contributed by atoms with E-state index < -0.39 is 11.7 Å². The summed E-state index contributed by atoms with van der Waals surface area (Å²) in [4.78, 5) is 14.6. The highest BCUT2D eigenvalue weighted by atomic mass is 16.5. The lowest BCUT2D eigenvalue weighted by atomic mass is 9.87. The Hall–Kier alpha value is -1.43. The van der Waals surface area contributed by atoms with Gasteiger partial charge < -0.3 is 15.2 Å². The molecule has 0 bridgehead atoms. The van der Waals surface area contributed by atoms with E-state index in [0.717, 1.165) is 37.9 Å². The van der Waals surface area contributed by atoms with E-state index >= 15 is 0 Å². The summed E-state index contributed by atoms with van der Waals surface area (Å²) in [6.07, 6.45) is 6.92. The summed E-state index contributed by atoms with van der Waals surface area (Å²) >= 11 is 0. The van der Waals surface area contributed by atoms with Crippen LogP contribution in [-0.4, -0.2) is 53.9 Å². The molecule has 25 heavy (non-hydrogen) atoms. The van der Waals surface area contributed by atoms with Crippen LogP contribution in [0.4, 0.5) is 5.69 Å². The van der Waals surface area contributed by atoms with Crippen molar-refractivity contribution in [1.82, 2.24) is 4.90 Å². The Morgan fingerprint density at radius 1 is 1.28 bits per heavy atom. The predicted octanol–water partition coefficient (Wildman–Crippen LogP) is 2.12. The second kappa shape index (κ2) is 7.06. The van der Waals surface area contributed by atoms with E-state index in [1.165, 1.54) is 24.0 Å². The van der Waals surface area contributed by atoms with Gasteiger partial charge in [0, 0.05) is 25.4 Å². The fourth-order valence-corrected chi connectivity index (χ4v) is 4.59. The predicted molar refractivity (Wildman–Crippen MR) is 96.7 cm³/mol. The van der Waals surface area contributed by atoms with Gasteiger partial charge in [-0.25, -0.2) is 0 Å². The molecule has 1 amide bonds. The molecule has 1 spiro atoms. The molecule has 1 aliphatic carbocycles. The average molecular weight is 344 g/mol. The summed E-state index contributed by atoms with van der Waals surface area (Å²) in [5.74, 6) is 0.0142. The summed E-state index contributed by atoms with van der Waals surface area (Å²) < 4.78 is 5.86. The Labute approximate surface area is 149 Å². The lowest BCUT2D eigenvalue weighted by Crippen LogP contribution is -2.57. The van der Waals surface area contributed by atoms with Crippen molar-refractivity contribution in [3.05, 3.63) is 29.3 Å². The van der Waals surface area contributed by atoms with Gasteiger partial charge in [-0.2, -0.15) is 0 Å². The number of nitrogens with zero attached hydrogens (tertiary/aromatic N) is 1. The standard InChI is InChI=1S/C20H28N2O3/c23-18-8-10-22(14-20(18)9-3-11-25-20)13-19(24)21-17-7-6-15-4-1-2-5-16(15)12-17/h6-7,12,18,23H,1-5,8-11,13-14H2,(H,21,24)/t18-,20-/m0/s1. The first kappa shape index (κ1) is 17.0. The lowest BCUT2D eigenvalue weighted by molar-refractivity contribution is -0.137. The first-order chi connectivity index (χ1) is 12.1. The second-order valence-corrected chi connectivity index (χ2v) is 7.77. The van der Waals surface area contributed by atoms with E-state index in [4.69, 9.17) is 4.74 Å². The zero-order valence-electron chi connectivity index (χ0n) is 14.8. The number of piperidine rings is 1. The smallest absolute Gasteiger partial charge is 0.238 e. The molecular weight excluding hydrogens is 316 g/mol. The number of rotatable bonds is 3. The van der Waals surface area contributed by atoms with Gasteiger partial charge in [0.2, 0.25) is 5.91 Å². The van der Waals surface area contributed by atoms with Crippen LogP contribution in [0.5, 0.6) is 0 Å². The van der Waals surface area contributed by atoms with E-state index in [-0.39, 0.29) is 5.91 Å². The van der Waals surface area contributed by atoms with Crippen LogP contribution in [0.25, 0.3) is 0 Å². The second-order valence-electron chi connectivity index (χ2n) is 7.77. The van der Waals surface area contributed by atoms with Crippen molar-refractivity contribution in [2.75, 3.05) is 31.6 Å². The molecule has 2 heterocycles. The fourth-order valence-electron chi connectivity index (χ4n) is 4.59. The fraction of sp³-hybridized carbons (Fsp3) is 0.650. The maximum absolute atomic E-state index is 12.5. The molecule has 2 N–H and O–H groups in total. The summed E-state index contributed by atoms with van der Waals surface area (Å²) in [5, 5.41) is 13.4. The number of likely N-dealkylation sites (tertiary alicyclic amines) is 1. The number of benzene rings is 1. The van der Waals surface area contributed by atoms with Crippen LogP contribution in [-0.2, 0) is 22.4 Å². The SMILES string of the molecule is O=C(CN1CC[C@H](O)[C@]2(CCCO2)C1)Nc1ccc2c(c1)CCCC2. The number of carbonyl (C=O) groups excluding carboxylic acids is 1. The number of hydrogen-bond acceptors (Lipinski definition) is 4. The topological polar surface area (TPSA) is 61.8 Å². The summed E-state index contributed by atoms with van der Waals surface area (Å²) in [6.45, 7) is 2.46. The number of nitrogens with one attached hydrogen (secondary N) is 1. The van der Waals surface area contributed by atoms with Crippen molar-refractivity contribution in [2.24, 2.45) is 0 Å². The molecule has 136 valence electrons. The first-order valence-electron chi connectivity index (χ1n) is 9.61. The Balaban J connectivity index is 1.36. The number of aliphatic hydroxyl groups excluding tert-OH is 1. The quantitative estimate of drug-likeness (QED) is 0.882. The molecule has 0 saturated carbocycles. The Morgan fingerprint density at radius 2 is 2.12 bits per heavy atom. The molecule has 0 radical (unpaired) electrons. The molecule has 1 aromatic carbocycles. The maximum atomic E-state index is 12.5. The van der Waals surface area contributed by atoms with Gasteiger partial charge in [0.25, 0.3) is 0 Å². The summed E-state index contributed by atoms with van der Waals surface area (Å²) in [6, 6.07) is 6.31. The van der Waals surface area contributed by atoms with Crippen LogP contribution in [0.3, 0.4) is 0 Å². The molecular formula is C20H28N2O3. The number of fused-ring (bicyclic) bond motifs is 1. The number of amides is 1. The van der Waals surface area contributed by atoms with E-state index in [2.05, 4.69) is 22.3 Å². The molecule has 5 heteroatoms. The molecule has 2 fully saturated rings. The Kier molecular flexibility index (Phi) is 4.80. The third-order valence-corrected chi connectivity index (χ3v) is 5.95. The minimum absolute atomic E-state index is 0.0142. The number of anilines is 1. The molecule has 5 nitrogen and oxygen atoms in total. The van der Waals surface area contributed by atoms with Crippen LogP contribution < -0.4 is 5.32 Å². The van der Waals surface area contributed by atoms with E-state index in [9.17, 15) is 9.90 Å². The van der Waals surface area contributed by atoms with Crippen molar-refractivity contribution >= 4 is 11.6 Å². The number of carbonyl (C=O) groups is 1. The van der Waals surface area contributed by atoms with Gasteiger partial charge >= 0.3 is 0 Å². The lowest BCUT2D eigenvalue weighted by Gasteiger charge is -2.42. The van der Waals surface area contributed by atoms with Crippen molar-refractivity contribution in [1.29, 1.82) is 0 Å². The average Bonchev–Trinajstić information content (AvgIpc) is 3.07. The van der Waals surface area contributed by atoms with E-state index in [1.54, 1.807) is 0 Å². The maximum Gasteiger partial charge on any atom is 0.238 e. The number of hydrogen-bond donors (Lipinski definition) is 2. The monoisotopic (exact) mass is 344 g/mol. The highest BCUT2D eigenvalue weighted by molar-refractivity contribution is 5.92. The van der Waals surface area contributed by atoms with Crippen molar-refractivity contribution in [3.8, 4) is 0 Å². The minimum atomic E-state index is -0.454. The summed E-state index contributed by atoms with van der Waals surface area (Å²) in [5.41, 5.74) is 3.25. The van der Waals surface area contributed by atoms with Crippen LogP contribution in [0.2, 0.25) is 0 Å². The van der Waals surface area contributed by atoms with Gasteiger partial charge in [0.1, 0.15) is 5.60 Å².